The molecule has 0 atom stereocenters. The molecule has 0 radical (unpaired) electrons. The Morgan fingerprint density at radius 1 is 1.35 bits per heavy atom. The molecule has 0 amide bonds. The fourth-order valence-corrected chi connectivity index (χ4v) is 2.06. The smallest absolute Gasteiger partial charge is 0.233 e. The van der Waals surface area contributed by atoms with Gasteiger partial charge >= 0.3 is 0 Å². The zero-order valence-corrected chi connectivity index (χ0v) is 11.4. The molecule has 5 heteroatoms. The van der Waals surface area contributed by atoms with Crippen LogP contribution in [0.5, 0.6) is 5.88 Å². The maximum Gasteiger partial charge on any atom is 0.233 e. The van der Waals surface area contributed by atoms with Crippen molar-refractivity contribution in [2.24, 2.45) is 0 Å². The van der Waals surface area contributed by atoms with Crippen molar-refractivity contribution in [2.45, 2.75) is 32.7 Å². The third-order valence-electron chi connectivity index (χ3n) is 2.81. The molecule has 17 heavy (non-hydrogen) atoms. The van der Waals surface area contributed by atoms with Gasteiger partial charge in [-0.25, -0.2) is 0 Å². The topological polar surface area (TPSA) is 38.2 Å². The summed E-state index contributed by atoms with van der Waals surface area (Å²) in [6, 6.07) is 0.440. The van der Waals surface area contributed by atoms with Crippen LogP contribution >= 0.6 is 11.6 Å². The van der Waals surface area contributed by atoms with Gasteiger partial charge in [0.2, 0.25) is 5.88 Å². The van der Waals surface area contributed by atoms with Crippen molar-refractivity contribution in [3.63, 3.8) is 0 Å². The Balaban J connectivity index is 2.94. The van der Waals surface area contributed by atoms with E-state index in [0.717, 1.165) is 25.2 Å². The van der Waals surface area contributed by atoms with E-state index in [9.17, 15) is 0 Å². The van der Waals surface area contributed by atoms with Gasteiger partial charge in [-0.05, 0) is 12.8 Å². The van der Waals surface area contributed by atoms with E-state index in [4.69, 9.17) is 16.3 Å². The van der Waals surface area contributed by atoms with Crippen molar-refractivity contribution < 1.29 is 4.74 Å². The largest absolute Gasteiger partial charge is 0.480 e. The van der Waals surface area contributed by atoms with Crippen LogP contribution in [-0.2, 0) is 0 Å². The lowest BCUT2D eigenvalue weighted by molar-refractivity contribution is 0.395. The molecule has 1 aromatic rings. The molecule has 0 unspecified atom stereocenters. The molecule has 0 aliphatic heterocycles. The normalized spacial score (nSPS) is 10.6. The van der Waals surface area contributed by atoms with Gasteiger partial charge in [0.15, 0.2) is 5.82 Å². The number of anilines is 1. The minimum atomic E-state index is 0.440. The first-order chi connectivity index (χ1) is 8.26. The summed E-state index contributed by atoms with van der Waals surface area (Å²) in [5.41, 5.74) is 0. The van der Waals surface area contributed by atoms with Gasteiger partial charge in [0.05, 0.1) is 19.5 Å². The van der Waals surface area contributed by atoms with E-state index in [1.54, 1.807) is 19.5 Å². The van der Waals surface area contributed by atoms with Crippen molar-refractivity contribution >= 4 is 17.4 Å². The van der Waals surface area contributed by atoms with Crippen molar-refractivity contribution in [3.8, 4) is 5.88 Å². The highest BCUT2D eigenvalue weighted by Crippen LogP contribution is 2.19. The van der Waals surface area contributed by atoms with Crippen LogP contribution in [0, 0.1) is 0 Å². The molecule has 0 aromatic carbocycles. The Hall–Kier alpha value is -1.03. The van der Waals surface area contributed by atoms with Crippen LogP contribution in [0.25, 0.3) is 0 Å². The number of ether oxygens (including phenoxy) is 1. The van der Waals surface area contributed by atoms with Crippen LogP contribution in [0.3, 0.4) is 0 Å². The van der Waals surface area contributed by atoms with Gasteiger partial charge in [-0.3, -0.25) is 4.98 Å². The van der Waals surface area contributed by atoms with Crippen LogP contribution in [0.2, 0.25) is 0 Å². The maximum absolute atomic E-state index is 5.86. The Morgan fingerprint density at radius 2 is 2.06 bits per heavy atom. The van der Waals surface area contributed by atoms with Gasteiger partial charge < -0.3 is 9.64 Å². The average molecular weight is 258 g/mol. The first kappa shape index (κ1) is 14.0. The second-order valence-electron chi connectivity index (χ2n) is 3.77. The molecule has 0 spiro atoms. The lowest BCUT2D eigenvalue weighted by atomic mass is 10.1. The zero-order chi connectivity index (χ0) is 12.7. The van der Waals surface area contributed by atoms with E-state index in [1.807, 2.05) is 0 Å². The molecule has 0 aliphatic carbocycles. The summed E-state index contributed by atoms with van der Waals surface area (Å²) in [5, 5.41) is 0. The van der Waals surface area contributed by atoms with Gasteiger partial charge in [0.1, 0.15) is 0 Å². The minimum Gasteiger partial charge on any atom is -0.480 e. The molecular formula is C12H20ClN3O. The molecule has 0 saturated heterocycles. The predicted octanol–water partition coefficient (Wildman–Crippen LogP) is 2.72. The van der Waals surface area contributed by atoms with E-state index in [1.165, 1.54) is 0 Å². The first-order valence-electron chi connectivity index (χ1n) is 5.95. The second-order valence-corrected chi connectivity index (χ2v) is 4.15. The Labute approximate surface area is 108 Å². The van der Waals surface area contributed by atoms with E-state index in [-0.39, 0.29) is 0 Å². The third-order valence-corrected chi connectivity index (χ3v) is 2.98. The number of hydrogen-bond acceptors (Lipinski definition) is 4. The molecule has 1 heterocycles. The average Bonchev–Trinajstić information content (AvgIpc) is 2.39. The quantitative estimate of drug-likeness (QED) is 0.704. The highest BCUT2D eigenvalue weighted by molar-refractivity contribution is 6.18. The summed E-state index contributed by atoms with van der Waals surface area (Å²) in [4.78, 5) is 10.7. The molecule has 0 fully saturated rings. The summed E-state index contributed by atoms with van der Waals surface area (Å²) in [6.07, 6.45) is 5.49. The zero-order valence-electron chi connectivity index (χ0n) is 10.7. The molecule has 0 aliphatic rings. The molecule has 1 aromatic heterocycles. The van der Waals surface area contributed by atoms with Crippen molar-refractivity contribution in [1.29, 1.82) is 0 Å². The van der Waals surface area contributed by atoms with Gasteiger partial charge in [-0.1, -0.05) is 13.8 Å². The Morgan fingerprint density at radius 3 is 2.59 bits per heavy atom. The van der Waals surface area contributed by atoms with Crippen molar-refractivity contribution in [1.82, 2.24) is 9.97 Å². The van der Waals surface area contributed by atoms with E-state index in [0.29, 0.717) is 17.8 Å². The third kappa shape index (κ3) is 3.73. The first-order valence-corrected chi connectivity index (χ1v) is 6.48. The van der Waals surface area contributed by atoms with Crippen LogP contribution in [0.1, 0.15) is 26.7 Å². The standard InChI is InChI=1S/C12H20ClN3O/c1-4-10(5-2)16(7-6-13)11-8-14-9-12(15-11)17-3/h8-10H,4-7H2,1-3H3. The van der Waals surface area contributed by atoms with E-state index in [2.05, 4.69) is 28.7 Å². The summed E-state index contributed by atoms with van der Waals surface area (Å²) in [6.45, 7) is 5.11. The van der Waals surface area contributed by atoms with Crippen LogP contribution in [0.4, 0.5) is 5.82 Å². The maximum atomic E-state index is 5.86. The molecule has 1 rings (SSSR count). The van der Waals surface area contributed by atoms with Gasteiger partial charge in [-0.15, -0.1) is 11.6 Å². The van der Waals surface area contributed by atoms with Crippen LogP contribution in [-0.4, -0.2) is 35.5 Å². The number of nitrogens with zero attached hydrogens (tertiary/aromatic N) is 3. The fourth-order valence-electron chi connectivity index (χ4n) is 1.88. The molecule has 0 bridgehead atoms. The molecular weight excluding hydrogens is 238 g/mol. The summed E-state index contributed by atoms with van der Waals surface area (Å²) in [5.74, 6) is 1.95. The lowest BCUT2D eigenvalue weighted by Crippen LogP contribution is -2.36. The van der Waals surface area contributed by atoms with Gasteiger partial charge in [0, 0.05) is 18.5 Å². The highest BCUT2D eigenvalue weighted by Gasteiger charge is 2.17. The molecule has 0 N–H and O–H groups in total. The summed E-state index contributed by atoms with van der Waals surface area (Å²) < 4.78 is 5.10. The van der Waals surface area contributed by atoms with Crippen LogP contribution in [0.15, 0.2) is 12.4 Å². The molecule has 96 valence electrons. The monoisotopic (exact) mass is 257 g/mol. The second kappa shape index (κ2) is 7.33. The number of rotatable bonds is 7. The fraction of sp³-hybridized carbons (Fsp3) is 0.667. The van der Waals surface area contributed by atoms with Crippen molar-refractivity contribution in [2.75, 3.05) is 24.4 Å². The molecule has 0 saturated carbocycles. The van der Waals surface area contributed by atoms with E-state index < -0.39 is 0 Å². The van der Waals surface area contributed by atoms with Crippen molar-refractivity contribution in [3.05, 3.63) is 12.4 Å². The SMILES string of the molecule is CCC(CC)N(CCCl)c1cncc(OC)n1. The number of methoxy groups -OCH3 is 1. The number of aromatic nitrogens is 2. The summed E-state index contributed by atoms with van der Waals surface area (Å²) >= 11 is 5.86. The number of alkyl halides is 1. The summed E-state index contributed by atoms with van der Waals surface area (Å²) in [7, 11) is 1.59. The Kier molecular flexibility index (Phi) is 6.05. The van der Waals surface area contributed by atoms with Crippen LogP contribution < -0.4 is 9.64 Å². The molecule has 4 nitrogen and oxygen atoms in total. The number of halogens is 1. The predicted molar refractivity (Wildman–Crippen MR) is 71.0 cm³/mol. The van der Waals surface area contributed by atoms with E-state index >= 15 is 0 Å². The minimum absolute atomic E-state index is 0.440. The Bertz CT molecular complexity index is 331. The highest BCUT2D eigenvalue weighted by atomic mass is 35.5. The van der Waals surface area contributed by atoms with Gasteiger partial charge in [0.25, 0.3) is 0 Å². The van der Waals surface area contributed by atoms with Gasteiger partial charge in [-0.2, -0.15) is 4.98 Å². The lowest BCUT2D eigenvalue weighted by Gasteiger charge is -2.30. The number of hydrogen-bond donors (Lipinski definition) is 0.